The highest BCUT2D eigenvalue weighted by atomic mass is 16.3. The van der Waals surface area contributed by atoms with E-state index in [1.165, 1.54) is 25.7 Å². The van der Waals surface area contributed by atoms with Crippen molar-refractivity contribution in [2.45, 2.75) is 70.5 Å². The maximum atomic E-state index is 11.9. The second-order valence-electron chi connectivity index (χ2n) is 7.67. The van der Waals surface area contributed by atoms with Gasteiger partial charge >= 0.3 is 0 Å². The van der Waals surface area contributed by atoms with Crippen LogP contribution >= 0.6 is 0 Å². The Morgan fingerprint density at radius 2 is 2.05 bits per heavy atom. The second kappa shape index (κ2) is 5.85. The molecule has 0 bridgehead atoms. The summed E-state index contributed by atoms with van der Waals surface area (Å²) < 4.78 is 0. The molecule has 0 aliphatic heterocycles. The van der Waals surface area contributed by atoms with E-state index in [1.807, 2.05) is 19.1 Å². The maximum Gasteiger partial charge on any atom is 0.139 e. The molecular weight excluding hydrogens is 264 g/mol. The van der Waals surface area contributed by atoms with Gasteiger partial charge in [0.2, 0.25) is 0 Å². The fraction of sp³-hybridized carbons (Fsp3) is 0.833. The smallest absolute Gasteiger partial charge is 0.139 e. The van der Waals surface area contributed by atoms with E-state index in [0.29, 0.717) is 24.5 Å². The quantitative estimate of drug-likeness (QED) is 0.783. The summed E-state index contributed by atoms with van der Waals surface area (Å²) in [4.78, 5) is 11.9. The van der Waals surface area contributed by atoms with Crippen molar-refractivity contribution in [2.75, 3.05) is 0 Å². The zero-order valence-corrected chi connectivity index (χ0v) is 13.0. The molecule has 0 unspecified atom stereocenters. The van der Waals surface area contributed by atoms with Gasteiger partial charge in [0.15, 0.2) is 0 Å². The van der Waals surface area contributed by atoms with Gasteiger partial charge in [-0.15, -0.1) is 0 Å². The SMILES string of the molecule is C[C@@]12CC[C@H](O)[C@@H](C=C[C@@H](O)CC3CCCC3)[C@@H]1CC2=O. The standard InChI is InChI=1S/C18H28O3/c1-18-9-8-16(20)14(15(18)11-17(18)21)7-6-13(19)10-12-4-2-3-5-12/h6-7,12-16,19-20H,2-5,8-11H2,1H3/t13-,14+,15+,16+,18-/m1/s1. The number of carbonyl (C=O) groups is 1. The first kappa shape index (κ1) is 15.2. The first-order valence-corrected chi connectivity index (χ1v) is 8.58. The number of ketones is 1. The number of hydrogen-bond acceptors (Lipinski definition) is 3. The van der Waals surface area contributed by atoms with Gasteiger partial charge in [0, 0.05) is 17.8 Å². The van der Waals surface area contributed by atoms with Crippen molar-refractivity contribution in [3.05, 3.63) is 12.2 Å². The molecule has 3 fully saturated rings. The first-order chi connectivity index (χ1) is 10.0. The molecule has 3 aliphatic carbocycles. The van der Waals surface area contributed by atoms with Gasteiger partial charge in [0.1, 0.15) is 5.78 Å². The molecule has 3 saturated carbocycles. The van der Waals surface area contributed by atoms with Crippen molar-refractivity contribution < 1.29 is 15.0 Å². The van der Waals surface area contributed by atoms with Gasteiger partial charge in [0.05, 0.1) is 12.2 Å². The highest BCUT2D eigenvalue weighted by molar-refractivity contribution is 5.91. The highest BCUT2D eigenvalue weighted by Gasteiger charge is 2.57. The number of rotatable bonds is 4. The van der Waals surface area contributed by atoms with Crippen molar-refractivity contribution in [3.8, 4) is 0 Å². The summed E-state index contributed by atoms with van der Waals surface area (Å²) in [6, 6.07) is 0. The summed E-state index contributed by atoms with van der Waals surface area (Å²) in [6.07, 6.45) is 11.2. The predicted octanol–water partition coefficient (Wildman–Crippen LogP) is 2.85. The van der Waals surface area contributed by atoms with E-state index in [4.69, 9.17) is 0 Å². The minimum atomic E-state index is -0.399. The van der Waals surface area contributed by atoms with Crippen molar-refractivity contribution in [3.63, 3.8) is 0 Å². The number of aliphatic hydroxyl groups is 2. The number of hydrogen-bond donors (Lipinski definition) is 2. The van der Waals surface area contributed by atoms with Crippen LogP contribution in [0.25, 0.3) is 0 Å². The van der Waals surface area contributed by atoms with Gasteiger partial charge in [-0.1, -0.05) is 44.8 Å². The minimum absolute atomic E-state index is 0.0414. The molecule has 3 rings (SSSR count). The summed E-state index contributed by atoms with van der Waals surface area (Å²) >= 11 is 0. The Hall–Kier alpha value is -0.670. The molecule has 3 nitrogen and oxygen atoms in total. The molecule has 0 aromatic heterocycles. The third-order valence-electron chi connectivity index (χ3n) is 6.33. The van der Waals surface area contributed by atoms with Crippen LogP contribution in [0.5, 0.6) is 0 Å². The molecule has 0 aromatic rings. The Bertz CT molecular complexity index is 424. The zero-order chi connectivity index (χ0) is 15.0. The number of carbonyl (C=O) groups excluding carboxylic acids is 1. The van der Waals surface area contributed by atoms with Crippen LogP contribution in [0.4, 0.5) is 0 Å². The third-order valence-corrected chi connectivity index (χ3v) is 6.33. The van der Waals surface area contributed by atoms with E-state index in [2.05, 4.69) is 0 Å². The molecule has 0 heterocycles. The first-order valence-electron chi connectivity index (χ1n) is 8.58. The molecule has 0 radical (unpaired) electrons. The van der Waals surface area contributed by atoms with Gasteiger partial charge in [-0.25, -0.2) is 0 Å². The maximum absolute atomic E-state index is 11.9. The molecule has 2 N–H and O–H groups in total. The zero-order valence-electron chi connectivity index (χ0n) is 13.0. The van der Waals surface area contributed by atoms with Crippen molar-refractivity contribution in [1.82, 2.24) is 0 Å². The number of Topliss-reactive ketones (excluding diaryl/α,β-unsaturated/α-hetero) is 1. The number of fused-ring (bicyclic) bond motifs is 1. The van der Waals surface area contributed by atoms with Crippen molar-refractivity contribution >= 4 is 5.78 Å². The van der Waals surface area contributed by atoms with Gasteiger partial charge in [-0.2, -0.15) is 0 Å². The second-order valence-corrected chi connectivity index (χ2v) is 7.67. The fourth-order valence-electron chi connectivity index (χ4n) is 4.71. The molecule has 3 aliphatic rings. The summed E-state index contributed by atoms with van der Waals surface area (Å²) in [7, 11) is 0. The fourth-order valence-corrected chi connectivity index (χ4v) is 4.71. The molecule has 0 saturated heterocycles. The van der Waals surface area contributed by atoms with E-state index in [-0.39, 0.29) is 23.4 Å². The minimum Gasteiger partial charge on any atom is -0.393 e. The van der Waals surface area contributed by atoms with E-state index in [9.17, 15) is 15.0 Å². The molecule has 21 heavy (non-hydrogen) atoms. The van der Waals surface area contributed by atoms with E-state index in [1.54, 1.807) is 0 Å². The molecule has 3 heteroatoms. The van der Waals surface area contributed by atoms with E-state index < -0.39 is 6.10 Å². The molecule has 0 amide bonds. The van der Waals surface area contributed by atoms with Crippen LogP contribution < -0.4 is 0 Å². The van der Waals surface area contributed by atoms with Crippen LogP contribution in [0, 0.1) is 23.2 Å². The van der Waals surface area contributed by atoms with Gasteiger partial charge in [-0.3, -0.25) is 4.79 Å². The summed E-state index contributed by atoms with van der Waals surface area (Å²) in [5.74, 6) is 1.32. The lowest BCUT2D eigenvalue weighted by Gasteiger charge is -2.53. The van der Waals surface area contributed by atoms with Crippen LogP contribution in [0.2, 0.25) is 0 Å². The van der Waals surface area contributed by atoms with Gasteiger partial charge < -0.3 is 10.2 Å². The van der Waals surface area contributed by atoms with Crippen molar-refractivity contribution in [1.29, 1.82) is 0 Å². The number of aliphatic hydroxyl groups excluding tert-OH is 2. The van der Waals surface area contributed by atoms with Crippen LogP contribution in [-0.2, 0) is 4.79 Å². The molecule has 118 valence electrons. The average molecular weight is 292 g/mol. The highest BCUT2D eigenvalue weighted by Crippen LogP contribution is 2.55. The average Bonchev–Trinajstić information content (AvgIpc) is 2.95. The van der Waals surface area contributed by atoms with E-state index in [0.717, 1.165) is 12.8 Å². The summed E-state index contributed by atoms with van der Waals surface area (Å²) in [6.45, 7) is 2.05. The third kappa shape index (κ3) is 2.83. The summed E-state index contributed by atoms with van der Waals surface area (Å²) in [5.41, 5.74) is -0.218. The lowest BCUT2D eigenvalue weighted by molar-refractivity contribution is -0.157. The predicted molar refractivity (Wildman–Crippen MR) is 81.7 cm³/mol. The Morgan fingerprint density at radius 3 is 2.71 bits per heavy atom. The molecular formula is C18H28O3. The molecule has 0 aromatic carbocycles. The van der Waals surface area contributed by atoms with Crippen molar-refractivity contribution in [2.24, 2.45) is 23.2 Å². The Morgan fingerprint density at radius 1 is 1.33 bits per heavy atom. The topological polar surface area (TPSA) is 57.5 Å². The lowest BCUT2D eigenvalue weighted by Crippen LogP contribution is -2.56. The Labute approximate surface area is 127 Å². The monoisotopic (exact) mass is 292 g/mol. The van der Waals surface area contributed by atoms with Crippen LogP contribution in [0.1, 0.15) is 58.3 Å². The van der Waals surface area contributed by atoms with Crippen LogP contribution in [0.15, 0.2) is 12.2 Å². The van der Waals surface area contributed by atoms with Gasteiger partial charge in [0.25, 0.3) is 0 Å². The normalized spacial score (nSPS) is 42.0. The summed E-state index contributed by atoms with van der Waals surface area (Å²) in [5, 5.41) is 20.4. The van der Waals surface area contributed by atoms with Crippen LogP contribution in [-0.4, -0.2) is 28.2 Å². The lowest BCUT2D eigenvalue weighted by atomic mass is 9.50. The van der Waals surface area contributed by atoms with Gasteiger partial charge in [-0.05, 0) is 31.1 Å². The molecule has 5 atom stereocenters. The Kier molecular flexibility index (Phi) is 4.24. The molecule has 0 spiro atoms. The van der Waals surface area contributed by atoms with E-state index >= 15 is 0 Å². The largest absolute Gasteiger partial charge is 0.393 e. The van der Waals surface area contributed by atoms with Crippen LogP contribution in [0.3, 0.4) is 0 Å². The Balaban J connectivity index is 1.59.